The van der Waals surface area contributed by atoms with Gasteiger partial charge < -0.3 is 5.11 Å². The fourth-order valence-corrected chi connectivity index (χ4v) is 5.45. The standard InChI is InChI=1S/C32H35NOS/c34-32(26-35-22-21-27-13-5-1-6-14-27)31(23-28-15-7-2-8-16-28)33(24-29-17-9-3-10-18-29)25-30-19-11-4-12-20-30/h1-20,31-32,34H,21-26H2/t31-,32+/m0/s1. The van der Waals surface area contributed by atoms with Crippen LogP contribution in [-0.4, -0.2) is 33.7 Å². The molecule has 2 atom stereocenters. The van der Waals surface area contributed by atoms with Gasteiger partial charge in [0, 0.05) is 24.9 Å². The minimum absolute atomic E-state index is 0.0158. The van der Waals surface area contributed by atoms with Gasteiger partial charge in [-0.2, -0.15) is 11.8 Å². The summed E-state index contributed by atoms with van der Waals surface area (Å²) in [6.45, 7) is 1.61. The molecule has 0 aliphatic rings. The third kappa shape index (κ3) is 8.40. The van der Waals surface area contributed by atoms with E-state index in [0.717, 1.165) is 37.4 Å². The van der Waals surface area contributed by atoms with Gasteiger partial charge >= 0.3 is 0 Å². The Morgan fingerprint density at radius 3 is 1.49 bits per heavy atom. The predicted molar refractivity (Wildman–Crippen MR) is 150 cm³/mol. The van der Waals surface area contributed by atoms with Crippen LogP contribution >= 0.6 is 11.8 Å². The Labute approximate surface area is 214 Å². The van der Waals surface area contributed by atoms with Gasteiger partial charge in [-0.05, 0) is 40.8 Å². The largest absolute Gasteiger partial charge is 0.391 e. The maximum atomic E-state index is 11.5. The molecule has 3 heteroatoms. The normalized spacial score (nSPS) is 13.0. The molecule has 0 unspecified atom stereocenters. The molecule has 0 saturated carbocycles. The van der Waals surface area contributed by atoms with Crippen molar-refractivity contribution >= 4 is 11.8 Å². The van der Waals surface area contributed by atoms with Crippen LogP contribution in [-0.2, 0) is 25.9 Å². The minimum Gasteiger partial charge on any atom is -0.391 e. The zero-order chi connectivity index (χ0) is 24.1. The first kappa shape index (κ1) is 25.2. The summed E-state index contributed by atoms with van der Waals surface area (Å²) in [5.41, 5.74) is 5.15. The molecule has 4 aromatic carbocycles. The number of aliphatic hydroxyl groups is 1. The highest BCUT2D eigenvalue weighted by atomic mass is 32.2. The second-order valence-electron chi connectivity index (χ2n) is 9.01. The lowest BCUT2D eigenvalue weighted by Gasteiger charge is -2.35. The van der Waals surface area contributed by atoms with Gasteiger partial charge in [0.15, 0.2) is 0 Å². The Hall–Kier alpha value is -2.85. The van der Waals surface area contributed by atoms with Crippen molar-refractivity contribution in [3.63, 3.8) is 0 Å². The second-order valence-corrected chi connectivity index (χ2v) is 10.2. The van der Waals surface area contributed by atoms with Crippen molar-refractivity contribution in [1.29, 1.82) is 0 Å². The van der Waals surface area contributed by atoms with Crippen LogP contribution in [0.15, 0.2) is 121 Å². The van der Waals surface area contributed by atoms with E-state index in [9.17, 15) is 5.11 Å². The molecule has 0 spiro atoms. The smallest absolute Gasteiger partial charge is 0.0789 e. The van der Waals surface area contributed by atoms with Gasteiger partial charge in [0.05, 0.1) is 6.10 Å². The molecule has 2 nitrogen and oxygen atoms in total. The highest BCUT2D eigenvalue weighted by Crippen LogP contribution is 2.22. The van der Waals surface area contributed by atoms with E-state index >= 15 is 0 Å². The molecule has 180 valence electrons. The SMILES string of the molecule is O[C@H](CSCCc1ccccc1)[C@H](Cc1ccccc1)N(Cc1ccccc1)Cc1ccccc1. The summed E-state index contributed by atoms with van der Waals surface area (Å²) < 4.78 is 0. The molecule has 4 aromatic rings. The summed E-state index contributed by atoms with van der Waals surface area (Å²) in [5.74, 6) is 1.74. The third-order valence-corrected chi connectivity index (χ3v) is 7.39. The Bertz CT molecular complexity index is 1050. The van der Waals surface area contributed by atoms with Gasteiger partial charge in [0.2, 0.25) is 0 Å². The number of rotatable bonds is 13. The van der Waals surface area contributed by atoms with Gasteiger partial charge in [-0.1, -0.05) is 121 Å². The number of benzene rings is 4. The topological polar surface area (TPSA) is 23.5 Å². The highest BCUT2D eigenvalue weighted by molar-refractivity contribution is 7.99. The number of aryl methyl sites for hydroxylation is 1. The van der Waals surface area contributed by atoms with Crippen molar-refractivity contribution < 1.29 is 5.11 Å². The van der Waals surface area contributed by atoms with Crippen LogP contribution in [0.2, 0.25) is 0 Å². The van der Waals surface area contributed by atoms with E-state index < -0.39 is 6.10 Å². The zero-order valence-corrected chi connectivity index (χ0v) is 21.1. The van der Waals surface area contributed by atoms with E-state index in [1.807, 2.05) is 11.8 Å². The number of nitrogens with zero attached hydrogens (tertiary/aromatic N) is 1. The van der Waals surface area contributed by atoms with E-state index in [1.54, 1.807) is 0 Å². The molecule has 0 heterocycles. The predicted octanol–water partition coefficient (Wildman–Crippen LogP) is 6.64. The average Bonchev–Trinajstić information content (AvgIpc) is 2.92. The fraction of sp³-hybridized carbons (Fsp3) is 0.250. The zero-order valence-electron chi connectivity index (χ0n) is 20.2. The summed E-state index contributed by atoms with van der Waals surface area (Å²) >= 11 is 1.85. The van der Waals surface area contributed by atoms with Crippen LogP contribution in [0, 0.1) is 0 Å². The van der Waals surface area contributed by atoms with Crippen molar-refractivity contribution in [1.82, 2.24) is 4.90 Å². The third-order valence-electron chi connectivity index (χ3n) is 6.32. The van der Waals surface area contributed by atoms with Crippen LogP contribution in [0.1, 0.15) is 22.3 Å². The second kappa shape index (κ2) is 13.9. The van der Waals surface area contributed by atoms with Crippen LogP contribution in [0.4, 0.5) is 0 Å². The average molecular weight is 482 g/mol. The number of hydrogen-bond acceptors (Lipinski definition) is 3. The van der Waals surface area contributed by atoms with Crippen molar-refractivity contribution in [2.45, 2.75) is 38.1 Å². The van der Waals surface area contributed by atoms with Crippen molar-refractivity contribution in [3.8, 4) is 0 Å². The van der Waals surface area contributed by atoms with Crippen LogP contribution in [0.3, 0.4) is 0 Å². The first-order valence-corrected chi connectivity index (χ1v) is 13.6. The number of thioether (sulfide) groups is 1. The number of hydrogen-bond donors (Lipinski definition) is 1. The summed E-state index contributed by atoms with van der Waals surface area (Å²) in [7, 11) is 0. The van der Waals surface area contributed by atoms with E-state index in [-0.39, 0.29) is 6.04 Å². The molecule has 0 aromatic heterocycles. The Morgan fingerprint density at radius 1 is 0.571 bits per heavy atom. The van der Waals surface area contributed by atoms with E-state index in [0.29, 0.717) is 0 Å². The maximum Gasteiger partial charge on any atom is 0.0789 e. The Kier molecular flexibility index (Phi) is 10.0. The quantitative estimate of drug-likeness (QED) is 0.217. The molecule has 1 N–H and O–H groups in total. The van der Waals surface area contributed by atoms with E-state index in [1.165, 1.54) is 22.3 Å². The molecular formula is C32H35NOS. The van der Waals surface area contributed by atoms with Gasteiger partial charge in [-0.25, -0.2) is 0 Å². The van der Waals surface area contributed by atoms with Crippen LogP contribution in [0.5, 0.6) is 0 Å². The molecule has 0 aliphatic heterocycles. The van der Waals surface area contributed by atoms with Crippen molar-refractivity contribution in [3.05, 3.63) is 144 Å². The first-order chi connectivity index (χ1) is 17.3. The number of aliphatic hydroxyl groups excluding tert-OH is 1. The lowest BCUT2D eigenvalue weighted by molar-refractivity contribution is 0.0534. The van der Waals surface area contributed by atoms with Gasteiger partial charge in [-0.15, -0.1) is 0 Å². The van der Waals surface area contributed by atoms with Gasteiger partial charge in [0.25, 0.3) is 0 Å². The highest BCUT2D eigenvalue weighted by Gasteiger charge is 2.27. The summed E-state index contributed by atoms with van der Waals surface area (Å²) in [6, 6.07) is 42.4. The molecule has 0 aliphatic carbocycles. The van der Waals surface area contributed by atoms with Crippen molar-refractivity contribution in [2.24, 2.45) is 0 Å². The summed E-state index contributed by atoms with van der Waals surface area (Å²) in [4.78, 5) is 2.46. The molecule has 0 saturated heterocycles. The van der Waals surface area contributed by atoms with Crippen molar-refractivity contribution in [2.75, 3.05) is 11.5 Å². The Morgan fingerprint density at radius 2 is 1.00 bits per heavy atom. The molecular weight excluding hydrogens is 446 g/mol. The lowest BCUT2D eigenvalue weighted by atomic mass is 9.98. The monoisotopic (exact) mass is 481 g/mol. The van der Waals surface area contributed by atoms with Gasteiger partial charge in [0.1, 0.15) is 0 Å². The summed E-state index contributed by atoms with van der Waals surface area (Å²) in [5, 5.41) is 11.5. The minimum atomic E-state index is -0.427. The van der Waals surface area contributed by atoms with E-state index in [2.05, 4.69) is 126 Å². The Balaban J connectivity index is 1.50. The van der Waals surface area contributed by atoms with E-state index in [4.69, 9.17) is 0 Å². The summed E-state index contributed by atoms with van der Waals surface area (Å²) in [6.07, 6.45) is 1.42. The van der Waals surface area contributed by atoms with Crippen LogP contribution in [0.25, 0.3) is 0 Å². The fourth-order valence-electron chi connectivity index (χ4n) is 4.44. The lowest BCUT2D eigenvalue weighted by Crippen LogP contribution is -2.45. The molecule has 35 heavy (non-hydrogen) atoms. The maximum absolute atomic E-state index is 11.5. The van der Waals surface area contributed by atoms with Gasteiger partial charge in [-0.3, -0.25) is 4.90 Å². The molecule has 0 amide bonds. The first-order valence-electron chi connectivity index (χ1n) is 12.4. The van der Waals surface area contributed by atoms with Crippen LogP contribution < -0.4 is 0 Å². The molecule has 4 rings (SSSR count). The molecule has 0 radical (unpaired) electrons. The molecule has 0 fully saturated rings. The molecule has 0 bridgehead atoms.